The molecule has 1 aromatic heterocycles. The van der Waals surface area contributed by atoms with Crippen LogP contribution in [0.4, 0.5) is 5.69 Å². The molecular weight excluding hydrogens is 400 g/mol. The largest absolute Gasteiger partial charge is 0.496 e. The Hall–Kier alpha value is -3.39. The minimum absolute atomic E-state index is 0.180. The summed E-state index contributed by atoms with van der Waals surface area (Å²) in [5.74, 6) is 1.38. The summed E-state index contributed by atoms with van der Waals surface area (Å²) in [7, 11) is 1.59. The van der Waals surface area contributed by atoms with Crippen LogP contribution in [0, 0.1) is 0 Å². The zero-order valence-corrected chi connectivity index (χ0v) is 17.4. The number of para-hydroxylation sites is 2. The molecule has 0 bridgehead atoms. The SMILES string of the molecule is C=CCSc1nnc2c(n1)OC(c1ccccc1OC)N(C(C)=O)c1ccccc1-2. The van der Waals surface area contributed by atoms with Gasteiger partial charge in [0.25, 0.3) is 0 Å². The fraction of sp³-hybridized carbons (Fsp3) is 0.182. The molecule has 0 fully saturated rings. The van der Waals surface area contributed by atoms with E-state index in [9.17, 15) is 4.79 Å². The number of hydrogen-bond acceptors (Lipinski definition) is 7. The molecule has 0 spiro atoms. The second-order valence-corrected chi connectivity index (χ2v) is 7.45. The quantitative estimate of drug-likeness (QED) is 0.451. The zero-order valence-electron chi connectivity index (χ0n) is 16.6. The number of anilines is 1. The standard InChI is InChI=1S/C22H20N4O3S/c1-4-13-30-22-23-20-19(24-25-22)15-9-5-7-11-17(15)26(14(2)27)21(29-20)16-10-6-8-12-18(16)28-3/h4-12,21H,1,13H2,2-3H3. The topological polar surface area (TPSA) is 77.4 Å². The summed E-state index contributed by atoms with van der Waals surface area (Å²) in [5, 5.41) is 9.07. The average molecular weight is 420 g/mol. The van der Waals surface area contributed by atoms with E-state index in [1.165, 1.54) is 18.7 Å². The monoisotopic (exact) mass is 420 g/mol. The Kier molecular flexibility index (Phi) is 5.67. The van der Waals surface area contributed by atoms with E-state index in [2.05, 4.69) is 21.8 Å². The van der Waals surface area contributed by atoms with Gasteiger partial charge < -0.3 is 9.47 Å². The molecule has 8 heteroatoms. The van der Waals surface area contributed by atoms with Gasteiger partial charge in [-0.2, -0.15) is 4.98 Å². The van der Waals surface area contributed by atoms with E-state index < -0.39 is 6.23 Å². The predicted octanol–water partition coefficient (Wildman–Crippen LogP) is 4.27. The van der Waals surface area contributed by atoms with Gasteiger partial charge in [-0.05, 0) is 18.2 Å². The third-order valence-electron chi connectivity index (χ3n) is 4.59. The van der Waals surface area contributed by atoms with E-state index in [0.717, 1.165) is 5.56 Å². The van der Waals surface area contributed by atoms with Crippen molar-refractivity contribution in [2.75, 3.05) is 17.8 Å². The number of aromatic nitrogens is 3. The van der Waals surface area contributed by atoms with Gasteiger partial charge in [-0.25, -0.2) is 0 Å². The number of carbonyl (C=O) groups is 1. The van der Waals surface area contributed by atoms with E-state index >= 15 is 0 Å². The van der Waals surface area contributed by atoms with E-state index in [-0.39, 0.29) is 5.91 Å². The summed E-state index contributed by atoms with van der Waals surface area (Å²) in [4.78, 5) is 19.0. The number of nitrogens with zero attached hydrogens (tertiary/aromatic N) is 4. The number of amides is 1. The van der Waals surface area contributed by atoms with E-state index in [4.69, 9.17) is 9.47 Å². The van der Waals surface area contributed by atoms with Gasteiger partial charge in [0, 0.05) is 18.2 Å². The second kappa shape index (κ2) is 8.54. The molecule has 4 rings (SSSR count). The van der Waals surface area contributed by atoms with Crippen molar-refractivity contribution < 1.29 is 14.3 Å². The van der Waals surface area contributed by atoms with Crippen LogP contribution in [-0.2, 0) is 4.79 Å². The van der Waals surface area contributed by atoms with Crippen LogP contribution in [0.1, 0.15) is 18.7 Å². The summed E-state index contributed by atoms with van der Waals surface area (Å²) in [6.45, 7) is 5.23. The first kappa shape index (κ1) is 19.9. The minimum Gasteiger partial charge on any atom is -0.496 e. The normalized spacial score (nSPS) is 14.7. The highest BCUT2D eigenvalue weighted by molar-refractivity contribution is 7.99. The van der Waals surface area contributed by atoms with Crippen molar-refractivity contribution in [2.45, 2.75) is 18.3 Å². The third kappa shape index (κ3) is 3.61. The number of ether oxygens (including phenoxy) is 2. The molecule has 0 saturated carbocycles. The number of rotatable bonds is 5. The Morgan fingerprint density at radius 3 is 2.77 bits per heavy atom. The molecule has 152 valence electrons. The van der Waals surface area contributed by atoms with Crippen LogP contribution < -0.4 is 14.4 Å². The Morgan fingerprint density at radius 1 is 1.23 bits per heavy atom. The molecule has 1 amide bonds. The molecule has 1 atom stereocenters. The van der Waals surface area contributed by atoms with E-state index in [1.807, 2.05) is 48.5 Å². The molecule has 2 aromatic carbocycles. The van der Waals surface area contributed by atoms with E-state index in [0.29, 0.717) is 39.5 Å². The van der Waals surface area contributed by atoms with Crippen LogP contribution in [0.15, 0.2) is 66.3 Å². The van der Waals surface area contributed by atoms with Crippen molar-refractivity contribution in [3.8, 4) is 22.9 Å². The van der Waals surface area contributed by atoms with E-state index in [1.54, 1.807) is 18.1 Å². The van der Waals surface area contributed by atoms with Gasteiger partial charge in [0.15, 0.2) is 5.69 Å². The Morgan fingerprint density at radius 2 is 2.00 bits per heavy atom. The molecule has 0 radical (unpaired) electrons. The van der Waals surface area contributed by atoms with Crippen molar-refractivity contribution in [2.24, 2.45) is 0 Å². The molecule has 1 aliphatic rings. The fourth-order valence-corrected chi connectivity index (χ4v) is 3.83. The molecule has 1 unspecified atom stereocenters. The van der Waals surface area contributed by atoms with Gasteiger partial charge in [0.1, 0.15) is 5.75 Å². The summed E-state index contributed by atoms with van der Waals surface area (Å²) in [6, 6.07) is 14.9. The van der Waals surface area contributed by atoms with Crippen molar-refractivity contribution in [3.63, 3.8) is 0 Å². The highest BCUT2D eigenvalue weighted by atomic mass is 32.2. The third-order valence-corrected chi connectivity index (χ3v) is 5.42. The number of carbonyl (C=O) groups excluding carboxylic acids is 1. The first-order valence-electron chi connectivity index (χ1n) is 9.31. The summed E-state index contributed by atoms with van der Waals surface area (Å²) < 4.78 is 11.9. The number of hydrogen-bond donors (Lipinski definition) is 0. The van der Waals surface area contributed by atoms with Crippen molar-refractivity contribution in [3.05, 3.63) is 66.7 Å². The smallest absolute Gasteiger partial charge is 0.247 e. The van der Waals surface area contributed by atoms with Crippen LogP contribution in [0.5, 0.6) is 11.6 Å². The van der Waals surface area contributed by atoms with Crippen LogP contribution in [-0.4, -0.2) is 34.0 Å². The van der Waals surface area contributed by atoms with Gasteiger partial charge in [-0.15, -0.1) is 16.8 Å². The molecule has 3 aromatic rings. The maximum atomic E-state index is 12.8. The Balaban J connectivity index is 1.94. The number of thioether (sulfide) groups is 1. The molecule has 2 heterocycles. The number of methoxy groups -OCH3 is 1. The lowest BCUT2D eigenvalue weighted by Crippen LogP contribution is -2.36. The summed E-state index contributed by atoms with van der Waals surface area (Å²) in [6.07, 6.45) is 0.986. The summed E-state index contributed by atoms with van der Waals surface area (Å²) >= 11 is 1.41. The molecule has 0 saturated heterocycles. The highest BCUT2D eigenvalue weighted by Gasteiger charge is 2.35. The van der Waals surface area contributed by atoms with Gasteiger partial charge in [-0.1, -0.05) is 48.2 Å². The lowest BCUT2D eigenvalue weighted by molar-refractivity contribution is -0.118. The van der Waals surface area contributed by atoms with Crippen molar-refractivity contribution in [1.82, 2.24) is 15.2 Å². The predicted molar refractivity (Wildman–Crippen MR) is 116 cm³/mol. The maximum Gasteiger partial charge on any atom is 0.247 e. The van der Waals surface area contributed by atoms with Gasteiger partial charge in [0.05, 0.1) is 18.4 Å². The molecule has 30 heavy (non-hydrogen) atoms. The Labute approximate surface area is 178 Å². The fourth-order valence-electron chi connectivity index (χ4n) is 3.32. The van der Waals surface area contributed by atoms with Crippen molar-refractivity contribution in [1.29, 1.82) is 0 Å². The number of fused-ring (bicyclic) bond motifs is 3. The lowest BCUT2D eigenvalue weighted by Gasteiger charge is -2.30. The lowest BCUT2D eigenvalue weighted by atomic mass is 10.1. The Bertz CT molecular complexity index is 1110. The van der Waals surface area contributed by atoms with Gasteiger partial charge in [0.2, 0.25) is 23.2 Å². The molecule has 0 N–H and O–H groups in total. The van der Waals surface area contributed by atoms with Crippen LogP contribution in [0.25, 0.3) is 11.3 Å². The summed E-state index contributed by atoms with van der Waals surface area (Å²) in [5.41, 5.74) is 2.58. The van der Waals surface area contributed by atoms with Crippen LogP contribution in [0.3, 0.4) is 0 Å². The average Bonchev–Trinajstić information content (AvgIpc) is 2.91. The minimum atomic E-state index is -0.782. The van der Waals surface area contributed by atoms with Gasteiger partial charge >= 0.3 is 0 Å². The molecular formula is C22H20N4O3S. The maximum absolute atomic E-state index is 12.8. The van der Waals surface area contributed by atoms with Crippen LogP contribution in [0.2, 0.25) is 0 Å². The molecule has 1 aliphatic heterocycles. The highest BCUT2D eigenvalue weighted by Crippen LogP contribution is 2.44. The first-order chi connectivity index (χ1) is 14.6. The van der Waals surface area contributed by atoms with Gasteiger partial charge in [-0.3, -0.25) is 9.69 Å². The molecule has 0 aliphatic carbocycles. The molecule has 7 nitrogen and oxygen atoms in total. The zero-order chi connectivity index (χ0) is 21.1. The second-order valence-electron chi connectivity index (χ2n) is 6.47. The number of benzene rings is 2. The van der Waals surface area contributed by atoms with Crippen molar-refractivity contribution >= 4 is 23.4 Å². The first-order valence-corrected chi connectivity index (χ1v) is 10.3. The van der Waals surface area contributed by atoms with Crippen LogP contribution >= 0.6 is 11.8 Å².